The number of carboxylic acids is 1. The van der Waals surface area contributed by atoms with Gasteiger partial charge in [0.2, 0.25) is 0 Å². The first-order chi connectivity index (χ1) is 9.43. The molecule has 0 atom stereocenters. The van der Waals surface area contributed by atoms with Gasteiger partial charge >= 0.3 is 11.9 Å². The minimum absolute atomic E-state index is 0.0690. The number of carbonyl (C=O) groups excluding carboxylic acids is 1. The maximum atomic E-state index is 11.4. The predicted molar refractivity (Wildman–Crippen MR) is 67.8 cm³/mol. The molecule has 0 fully saturated rings. The number of aromatic carboxylic acids is 1. The summed E-state index contributed by atoms with van der Waals surface area (Å²) in [6.07, 6.45) is 0. The molecule has 0 unspecified atom stereocenters. The van der Waals surface area contributed by atoms with Gasteiger partial charge in [-0.05, 0) is 23.8 Å². The van der Waals surface area contributed by atoms with Crippen LogP contribution < -0.4 is 5.32 Å². The molecule has 8 nitrogen and oxygen atoms in total. The Morgan fingerprint density at radius 2 is 1.90 bits per heavy atom. The van der Waals surface area contributed by atoms with Gasteiger partial charge in [-0.25, -0.2) is 18.0 Å². The zero-order chi connectivity index (χ0) is 15.1. The van der Waals surface area contributed by atoms with Crippen LogP contribution in [0.4, 0.5) is 0 Å². The molecule has 20 heavy (non-hydrogen) atoms. The lowest BCUT2D eigenvalue weighted by atomic mass is 10.1. The van der Waals surface area contributed by atoms with E-state index < -0.39 is 22.9 Å². The first-order valence-electron chi connectivity index (χ1n) is 5.37. The van der Waals surface area contributed by atoms with E-state index in [4.69, 9.17) is 5.11 Å². The number of rotatable bonds is 7. The molecule has 0 aliphatic rings. The maximum Gasteiger partial charge on any atom is 0.337 e. The summed E-state index contributed by atoms with van der Waals surface area (Å²) in [6.45, 7) is -0.113. The van der Waals surface area contributed by atoms with Crippen molar-refractivity contribution in [1.29, 1.82) is 0 Å². The Kier molecular flexibility index (Phi) is 6.10. The van der Waals surface area contributed by atoms with E-state index in [2.05, 4.69) is 14.2 Å². The van der Waals surface area contributed by atoms with Crippen molar-refractivity contribution in [3.8, 4) is 0 Å². The number of methoxy groups -OCH3 is 1. The minimum atomic E-state index is -2.95. The third-order valence-electron chi connectivity index (χ3n) is 2.26. The lowest BCUT2D eigenvalue weighted by Crippen LogP contribution is -2.17. The molecule has 9 heteroatoms. The van der Waals surface area contributed by atoms with Crippen LogP contribution in [0, 0.1) is 0 Å². The van der Waals surface area contributed by atoms with E-state index in [1.807, 2.05) is 0 Å². The molecule has 0 amide bonds. The van der Waals surface area contributed by atoms with Gasteiger partial charge in [0.25, 0.3) is 11.0 Å². The molecule has 0 saturated carbocycles. The topological polar surface area (TPSA) is 119 Å². The summed E-state index contributed by atoms with van der Waals surface area (Å²) in [5, 5.41) is 11.6. The second-order valence-corrected chi connectivity index (χ2v) is 4.34. The van der Waals surface area contributed by atoms with Crippen molar-refractivity contribution in [3.05, 3.63) is 34.9 Å². The van der Waals surface area contributed by atoms with Crippen LogP contribution in [-0.4, -0.2) is 39.3 Å². The lowest BCUT2D eigenvalue weighted by molar-refractivity contribution is 0.0600. The van der Waals surface area contributed by atoms with Gasteiger partial charge in [0, 0.05) is 6.54 Å². The number of ether oxygens (including phenoxy) is 1. The number of benzene rings is 1. The van der Waals surface area contributed by atoms with E-state index in [1.54, 1.807) is 0 Å². The molecule has 0 heterocycles. The quantitative estimate of drug-likeness (QED) is 0.273. The largest absolute Gasteiger partial charge is 0.478 e. The Hall–Kier alpha value is -1.97. The van der Waals surface area contributed by atoms with Gasteiger partial charge in [0.05, 0.1) is 18.2 Å². The predicted octanol–water partition coefficient (Wildman–Crippen LogP) is -0.238. The highest BCUT2D eigenvalue weighted by Gasteiger charge is 2.12. The van der Waals surface area contributed by atoms with Crippen molar-refractivity contribution in [2.24, 2.45) is 0 Å². The summed E-state index contributed by atoms with van der Waals surface area (Å²) in [5.41, 5.74) is 0.510. The SMILES string of the molecule is COC(=O)c1cc(CNCO[SH](=O)=O)cc(C(=O)O)c1. The van der Waals surface area contributed by atoms with Crippen molar-refractivity contribution in [2.45, 2.75) is 6.54 Å². The Morgan fingerprint density at radius 1 is 1.25 bits per heavy atom. The first kappa shape index (κ1) is 16.1. The molecule has 0 saturated heterocycles. The van der Waals surface area contributed by atoms with Crippen molar-refractivity contribution in [2.75, 3.05) is 13.8 Å². The normalized spacial score (nSPS) is 10.5. The van der Waals surface area contributed by atoms with Crippen LogP contribution in [0.3, 0.4) is 0 Å². The Labute approximate surface area is 116 Å². The summed E-state index contributed by atoms with van der Waals surface area (Å²) in [6, 6.07) is 4.00. The molecule has 1 rings (SSSR count). The Bertz CT molecular complexity index is 574. The highest BCUT2D eigenvalue weighted by atomic mass is 32.2. The van der Waals surface area contributed by atoms with Gasteiger partial charge in [-0.2, -0.15) is 0 Å². The van der Waals surface area contributed by atoms with Gasteiger partial charge in [0.15, 0.2) is 0 Å². The van der Waals surface area contributed by atoms with E-state index in [1.165, 1.54) is 25.3 Å². The zero-order valence-electron chi connectivity index (χ0n) is 10.5. The van der Waals surface area contributed by atoms with Gasteiger partial charge in [-0.3, -0.25) is 9.50 Å². The van der Waals surface area contributed by atoms with E-state index in [0.717, 1.165) is 0 Å². The molecule has 0 radical (unpaired) electrons. The van der Waals surface area contributed by atoms with Crippen LogP contribution in [-0.2, 0) is 26.4 Å². The fraction of sp³-hybridized carbons (Fsp3) is 0.273. The molecule has 2 N–H and O–H groups in total. The molecule has 0 bridgehead atoms. The summed E-state index contributed by atoms with van der Waals surface area (Å²) < 4.78 is 29.1. The first-order valence-corrected chi connectivity index (χ1v) is 6.47. The van der Waals surface area contributed by atoms with Gasteiger partial charge in [-0.15, -0.1) is 0 Å². The van der Waals surface area contributed by atoms with Gasteiger partial charge in [0.1, 0.15) is 6.73 Å². The molecule has 1 aromatic rings. The average molecular weight is 303 g/mol. The Morgan fingerprint density at radius 3 is 2.45 bits per heavy atom. The highest BCUT2D eigenvalue weighted by Crippen LogP contribution is 2.12. The molecular weight excluding hydrogens is 290 g/mol. The van der Waals surface area contributed by atoms with Crippen LogP contribution in [0.1, 0.15) is 26.3 Å². The standard InChI is InChI=1S/C11H13NO7S/c1-18-11(15)9-3-7(2-8(4-9)10(13)14)5-12-6-19-20(16)17/h2-4,12,20H,5-6H2,1H3,(H,13,14). The number of esters is 1. The molecule has 0 aliphatic heterocycles. The summed E-state index contributed by atoms with van der Waals surface area (Å²) >= 11 is 0. The van der Waals surface area contributed by atoms with Crippen LogP contribution in [0.5, 0.6) is 0 Å². The summed E-state index contributed by atoms with van der Waals surface area (Å²) in [5.74, 6) is -1.84. The number of thiol groups is 1. The van der Waals surface area contributed by atoms with E-state index in [9.17, 15) is 18.0 Å². The zero-order valence-corrected chi connectivity index (χ0v) is 11.4. The fourth-order valence-corrected chi connectivity index (χ4v) is 1.64. The fourth-order valence-electron chi connectivity index (χ4n) is 1.45. The minimum Gasteiger partial charge on any atom is -0.478 e. The van der Waals surface area contributed by atoms with Crippen LogP contribution in [0.25, 0.3) is 0 Å². The van der Waals surface area contributed by atoms with E-state index >= 15 is 0 Å². The number of hydrogen-bond donors (Lipinski definition) is 3. The third kappa shape index (κ3) is 4.96. The highest BCUT2D eigenvalue weighted by molar-refractivity contribution is 7.67. The van der Waals surface area contributed by atoms with Crippen LogP contribution in [0.2, 0.25) is 0 Å². The molecule has 0 spiro atoms. The van der Waals surface area contributed by atoms with E-state index in [-0.39, 0.29) is 24.4 Å². The monoisotopic (exact) mass is 303 g/mol. The van der Waals surface area contributed by atoms with E-state index in [0.29, 0.717) is 5.56 Å². The van der Waals surface area contributed by atoms with Crippen LogP contribution in [0.15, 0.2) is 18.2 Å². The second kappa shape index (κ2) is 7.58. The summed E-state index contributed by atoms with van der Waals surface area (Å²) in [7, 11) is -1.76. The average Bonchev–Trinajstić information content (AvgIpc) is 2.42. The molecule has 0 aliphatic carbocycles. The number of nitrogens with one attached hydrogen (secondary N) is 1. The smallest absolute Gasteiger partial charge is 0.337 e. The van der Waals surface area contributed by atoms with Gasteiger partial charge < -0.3 is 9.84 Å². The van der Waals surface area contributed by atoms with Gasteiger partial charge in [-0.1, -0.05) is 0 Å². The molecule has 1 aromatic carbocycles. The Balaban J connectivity index is 2.86. The van der Waals surface area contributed by atoms with Crippen molar-refractivity contribution >= 4 is 22.9 Å². The number of hydrogen-bond acceptors (Lipinski definition) is 7. The maximum absolute atomic E-state index is 11.4. The van der Waals surface area contributed by atoms with Crippen LogP contribution >= 0.6 is 0 Å². The molecule has 0 aromatic heterocycles. The van der Waals surface area contributed by atoms with Crippen molar-refractivity contribution < 1.29 is 32.0 Å². The second-order valence-electron chi connectivity index (χ2n) is 3.64. The third-order valence-corrected chi connectivity index (χ3v) is 2.60. The molecular formula is C11H13NO7S. The van der Waals surface area contributed by atoms with Crippen molar-refractivity contribution in [1.82, 2.24) is 5.32 Å². The lowest BCUT2D eigenvalue weighted by Gasteiger charge is -2.07. The number of carbonyl (C=O) groups is 2. The summed E-state index contributed by atoms with van der Waals surface area (Å²) in [4.78, 5) is 22.4. The van der Waals surface area contributed by atoms with Crippen molar-refractivity contribution in [3.63, 3.8) is 0 Å². The number of carboxylic acid groups (broad SMARTS) is 1. The molecule has 110 valence electrons.